The second-order valence-electron chi connectivity index (χ2n) is 2.34. The van der Waals surface area contributed by atoms with Crippen molar-refractivity contribution < 1.29 is 4.74 Å². The molecule has 2 N–H and O–H groups in total. The van der Waals surface area contributed by atoms with Gasteiger partial charge in [0.25, 0.3) is 0 Å². The molecule has 2 rings (SSSR count). The molecule has 2 aliphatic heterocycles. The lowest BCUT2D eigenvalue weighted by atomic mass is 10.2. The Kier molecular flexibility index (Phi) is 1.09. The van der Waals surface area contributed by atoms with Crippen LogP contribution in [-0.4, -0.2) is 25.7 Å². The quantitative estimate of drug-likeness (QED) is 0.455. The van der Waals surface area contributed by atoms with Crippen LogP contribution < -0.4 is 10.6 Å². The average molecular weight is 126 g/mol. The molecule has 3 heteroatoms. The van der Waals surface area contributed by atoms with E-state index < -0.39 is 0 Å². The molecule has 50 valence electrons. The van der Waals surface area contributed by atoms with Crippen molar-refractivity contribution in [3.05, 3.63) is 12.0 Å². The molecular formula is C6H10N2O. The first-order valence-corrected chi connectivity index (χ1v) is 3.26. The molecule has 0 spiro atoms. The zero-order chi connectivity index (χ0) is 6.10. The van der Waals surface area contributed by atoms with Gasteiger partial charge in [-0.2, -0.15) is 0 Å². The lowest BCUT2D eigenvalue weighted by molar-refractivity contribution is 0.255. The van der Waals surface area contributed by atoms with Crippen molar-refractivity contribution in [2.45, 2.75) is 6.04 Å². The van der Waals surface area contributed by atoms with E-state index in [1.807, 2.05) is 0 Å². The minimum atomic E-state index is 0.443. The van der Waals surface area contributed by atoms with Gasteiger partial charge in [0, 0.05) is 13.1 Å². The molecule has 0 amide bonds. The van der Waals surface area contributed by atoms with Crippen LogP contribution in [0.5, 0.6) is 0 Å². The highest BCUT2D eigenvalue weighted by Gasteiger charge is 2.22. The number of fused-ring (bicyclic) bond motifs is 1. The molecule has 3 nitrogen and oxygen atoms in total. The Morgan fingerprint density at radius 3 is 3.44 bits per heavy atom. The van der Waals surface area contributed by atoms with Gasteiger partial charge in [-0.25, -0.2) is 0 Å². The number of rotatable bonds is 0. The van der Waals surface area contributed by atoms with Gasteiger partial charge >= 0.3 is 0 Å². The standard InChI is InChI=1S/C6H10N2O/c1-2-8-6-4-9-3-5(6)7-1/h3,6-8H,1-2,4H2. The summed E-state index contributed by atoms with van der Waals surface area (Å²) in [4.78, 5) is 0. The summed E-state index contributed by atoms with van der Waals surface area (Å²) >= 11 is 0. The largest absolute Gasteiger partial charge is 0.497 e. The fourth-order valence-electron chi connectivity index (χ4n) is 1.19. The molecule has 1 atom stereocenters. The van der Waals surface area contributed by atoms with E-state index in [0.717, 1.165) is 19.7 Å². The summed E-state index contributed by atoms with van der Waals surface area (Å²) in [5.41, 5.74) is 1.21. The third-order valence-corrected chi connectivity index (χ3v) is 1.69. The normalized spacial score (nSPS) is 32.0. The van der Waals surface area contributed by atoms with E-state index in [-0.39, 0.29) is 0 Å². The van der Waals surface area contributed by atoms with Gasteiger partial charge in [-0.15, -0.1) is 0 Å². The van der Waals surface area contributed by atoms with Gasteiger partial charge in [0.2, 0.25) is 0 Å². The van der Waals surface area contributed by atoms with Gasteiger partial charge in [0.1, 0.15) is 12.9 Å². The second kappa shape index (κ2) is 1.92. The molecule has 0 aromatic rings. The van der Waals surface area contributed by atoms with Gasteiger partial charge in [-0.3, -0.25) is 0 Å². The third kappa shape index (κ3) is 0.772. The van der Waals surface area contributed by atoms with Crippen LogP contribution in [0.3, 0.4) is 0 Å². The number of piperazine rings is 1. The summed E-state index contributed by atoms with van der Waals surface area (Å²) in [6.45, 7) is 2.86. The van der Waals surface area contributed by atoms with Gasteiger partial charge in [0.05, 0.1) is 11.7 Å². The highest BCUT2D eigenvalue weighted by Crippen LogP contribution is 2.09. The van der Waals surface area contributed by atoms with Crippen LogP contribution in [0.25, 0.3) is 0 Å². The highest BCUT2D eigenvalue weighted by atomic mass is 16.5. The lowest BCUT2D eigenvalue weighted by Crippen LogP contribution is -2.46. The first-order chi connectivity index (χ1) is 4.47. The van der Waals surface area contributed by atoms with Gasteiger partial charge in [-0.1, -0.05) is 0 Å². The van der Waals surface area contributed by atoms with Gasteiger partial charge in [-0.05, 0) is 0 Å². The molecule has 0 aromatic heterocycles. The predicted molar refractivity (Wildman–Crippen MR) is 33.8 cm³/mol. The Hall–Kier alpha value is -0.700. The van der Waals surface area contributed by atoms with E-state index in [0.29, 0.717) is 6.04 Å². The second-order valence-corrected chi connectivity index (χ2v) is 2.34. The van der Waals surface area contributed by atoms with Crippen molar-refractivity contribution >= 4 is 0 Å². The predicted octanol–water partition coefficient (Wildman–Crippen LogP) is -0.581. The maximum atomic E-state index is 5.10. The topological polar surface area (TPSA) is 33.3 Å². The monoisotopic (exact) mass is 126 g/mol. The van der Waals surface area contributed by atoms with Crippen molar-refractivity contribution in [1.29, 1.82) is 0 Å². The van der Waals surface area contributed by atoms with E-state index in [1.54, 1.807) is 6.26 Å². The Morgan fingerprint density at radius 2 is 2.56 bits per heavy atom. The maximum absolute atomic E-state index is 5.10. The molecule has 9 heavy (non-hydrogen) atoms. The van der Waals surface area contributed by atoms with Crippen molar-refractivity contribution in [2.24, 2.45) is 0 Å². The van der Waals surface area contributed by atoms with E-state index in [1.165, 1.54) is 5.70 Å². The summed E-state index contributed by atoms with van der Waals surface area (Å²) in [7, 11) is 0. The van der Waals surface area contributed by atoms with Crippen molar-refractivity contribution in [3.8, 4) is 0 Å². The summed E-state index contributed by atoms with van der Waals surface area (Å²) in [5.74, 6) is 0. The summed E-state index contributed by atoms with van der Waals surface area (Å²) in [6.07, 6.45) is 1.80. The Bertz CT molecular complexity index is 144. The Morgan fingerprint density at radius 1 is 1.56 bits per heavy atom. The minimum absolute atomic E-state index is 0.443. The molecule has 1 unspecified atom stereocenters. The van der Waals surface area contributed by atoms with E-state index in [2.05, 4.69) is 10.6 Å². The summed E-state index contributed by atoms with van der Waals surface area (Å²) < 4.78 is 5.10. The molecule has 2 aliphatic rings. The van der Waals surface area contributed by atoms with Crippen LogP contribution >= 0.6 is 0 Å². The molecule has 0 radical (unpaired) electrons. The van der Waals surface area contributed by atoms with Crippen molar-refractivity contribution in [1.82, 2.24) is 10.6 Å². The molecule has 0 saturated carbocycles. The summed E-state index contributed by atoms with van der Waals surface area (Å²) in [6, 6.07) is 0.443. The van der Waals surface area contributed by atoms with Crippen LogP contribution in [-0.2, 0) is 4.74 Å². The Labute approximate surface area is 54.1 Å². The minimum Gasteiger partial charge on any atom is -0.497 e. The number of hydrogen-bond acceptors (Lipinski definition) is 3. The van der Waals surface area contributed by atoms with Crippen LogP contribution in [0.4, 0.5) is 0 Å². The van der Waals surface area contributed by atoms with E-state index in [9.17, 15) is 0 Å². The van der Waals surface area contributed by atoms with Crippen LogP contribution in [0, 0.1) is 0 Å². The molecule has 2 heterocycles. The zero-order valence-electron chi connectivity index (χ0n) is 5.18. The molecule has 1 fully saturated rings. The number of nitrogens with one attached hydrogen (secondary N) is 2. The number of ether oxygens (including phenoxy) is 1. The van der Waals surface area contributed by atoms with Crippen molar-refractivity contribution in [2.75, 3.05) is 19.7 Å². The van der Waals surface area contributed by atoms with Crippen LogP contribution in [0.1, 0.15) is 0 Å². The van der Waals surface area contributed by atoms with E-state index >= 15 is 0 Å². The fraction of sp³-hybridized carbons (Fsp3) is 0.667. The Balaban J connectivity index is 2.09. The molecule has 0 bridgehead atoms. The highest BCUT2D eigenvalue weighted by molar-refractivity contribution is 5.12. The first-order valence-electron chi connectivity index (χ1n) is 3.26. The molecule has 0 aromatic carbocycles. The lowest BCUT2D eigenvalue weighted by Gasteiger charge is -2.21. The van der Waals surface area contributed by atoms with Gasteiger partial charge in [0.15, 0.2) is 0 Å². The summed E-state index contributed by atoms with van der Waals surface area (Å²) in [5, 5.41) is 6.58. The fourth-order valence-corrected chi connectivity index (χ4v) is 1.19. The third-order valence-electron chi connectivity index (χ3n) is 1.69. The van der Waals surface area contributed by atoms with Gasteiger partial charge < -0.3 is 15.4 Å². The van der Waals surface area contributed by atoms with Crippen LogP contribution in [0.15, 0.2) is 12.0 Å². The van der Waals surface area contributed by atoms with E-state index in [4.69, 9.17) is 4.74 Å². The zero-order valence-corrected chi connectivity index (χ0v) is 5.18. The van der Waals surface area contributed by atoms with Crippen molar-refractivity contribution in [3.63, 3.8) is 0 Å². The molecule has 1 saturated heterocycles. The average Bonchev–Trinajstić information content (AvgIpc) is 2.33. The smallest absolute Gasteiger partial charge is 0.108 e. The molecule has 0 aliphatic carbocycles. The first kappa shape index (κ1) is 5.11. The number of hydrogen-bond donors (Lipinski definition) is 2. The van der Waals surface area contributed by atoms with Crippen LogP contribution in [0.2, 0.25) is 0 Å². The molecular weight excluding hydrogens is 116 g/mol. The SMILES string of the molecule is C1=C2NCCNC2CO1. The maximum Gasteiger partial charge on any atom is 0.108 e.